The maximum Gasteiger partial charge on any atom is 0.360 e. The highest BCUT2D eigenvalue weighted by Crippen LogP contribution is 2.21. The molecule has 0 aliphatic carbocycles. The summed E-state index contributed by atoms with van der Waals surface area (Å²) >= 11 is 0. The molecule has 0 N–H and O–H groups in total. The second-order valence-electron chi connectivity index (χ2n) is 3.01. The number of rotatable bonds is 5. The van der Waals surface area contributed by atoms with Gasteiger partial charge in [0.15, 0.2) is 5.69 Å². The fraction of sp³-hybridized carbons (Fsp3) is 0.600. The molecule has 0 aliphatic heterocycles. The molecule has 0 atom stereocenters. The minimum atomic E-state index is -0.481. The molecule has 0 radical (unpaired) electrons. The van der Waals surface area contributed by atoms with E-state index in [4.69, 9.17) is 14.0 Å². The van der Waals surface area contributed by atoms with Crippen LogP contribution >= 0.6 is 0 Å². The van der Waals surface area contributed by atoms with Gasteiger partial charge in [-0.1, -0.05) is 12.1 Å². The predicted molar refractivity (Wildman–Crippen MR) is 53.0 cm³/mol. The number of aromatic nitrogens is 1. The van der Waals surface area contributed by atoms with Crippen LogP contribution < -0.4 is 4.74 Å². The number of hydrogen-bond acceptors (Lipinski definition) is 5. The van der Waals surface area contributed by atoms with Crippen molar-refractivity contribution < 1.29 is 18.8 Å². The summed E-state index contributed by atoms with van der Waals surface area (Å²) in [7, 11) is 0. The molecule has 0 spiro atoms. The van der Waals surface area contributed by atoms with Gasteiger partial charge in [0.05, 0.1) is 18.8 Å². The first kappa shape index (κ1) is 11.6. The van der Waals surface area contributed by atoms with Crippen LogP contribution in [0.1, 0.15) is 36.3 Å². The first-order valence-corrected chi connectivity index (χ1v) is 4.96. The third kappa shape index (κ3) is 2.71. The van der Waals surface area contributed by atoms with Crippen LogP contribution in [-0.2, 0) is 4.74 Å². The summed E-state index contributed by atoms with van der Waals surface area (Å²) in [5, 5.41) is 3.61. The van der Waals surface area contributed by atoms with Crippen molar-refractivity contribution in [3.05, 3.63) is 11.3 Å². The Labute approximate surface area is 88.3 Å². The Morgan fingerprint density at radius 1 is 1.47 bits per heavy atom. The number of carbonyl (C=O) groups excluding carboxylic acids is 1. The van der Waals surface area contributed by atoms with Gasteiger partial charge < -0.3 is 14.0 Å². The summed E-state index contributed by atoms with van der Waals surface area (Å²) in [5.74, 6) is -0.190. The molecular formula is C10H15NO4. The lowest BCUT2D eigenvalue weighted by molar-refractivity contribution is 0.0513. The zero-order chi connectivity index (χ0) is 11.3. The molecule has 0 aliphatic rings. The minimum Gasteiger partial charge on any atom is -0.464 e. The van der Waals surface area contributed by atoms with E-state index in [2.05, 4.69) is 5.16 Å². The molecule has 0 aromatic carbocycles. The van der Waals surface area contributed by atoms with Gasteiger partial charge in [-0.25, -0.2) is 4.79 Å². The van der Waals surface area contributed by atoms with Gasteiger partial charge in [-0.3, -0.25) is 0 Å². The third-order valence-electron chi connectivity index (χ3n) is 1.79. The first-order chi connectivity index (χ1) is 7.20. The summed E-state index contributed by atoms with van der Waals surface area (Å²) in [6.07, 6.45) is 0.870. The van der Waals surface area contributed by atoms with Gasteiger partial charge in [-0.15, -0.1) is 0 Å². The van der Waals surface area contributed by atoms with Gasteiger partial charge in [0.2, 0.25) is 0 Å². The molecule has 5 nitrogen and oxygen atoms in total. The largest absolute Gasteiger partial charge is 0.464 e. The quantitative estimate of drug-likeness (QED) is 0.699. The maximum absolute atomic E-state index is 11.4. The highest BCUT2D eigenvalue weighted by Gasteiger charge is 2.20. The number of carbonyl (C=O) groups is 1. The van der Waals surface area contributed by atoms with Crippen molar-refractivity contribution in [1.82, 2.24) is 5.16 Å². The molecule has 0 saturated heterocycles. The zero-order valence-electron chi connectivity index (χ0n) is 9.20. The van der Waals surface area contributed by atoms with Gasteiger partial charge in [-0.2, -0.15) is 0 Å². The Hall–Kier alpha value is -1.52. The molecule has 0 bridgehead atoms. The van der Waals surface area contributed by atoms with Gasteiger partial charge in [0.1, 0.15) is 0 Å². The average Bonchev–Trinajstić information content (AvgIpc) is 2.57. The lowest BCUT2D eigenvalue weighted by Gasteiger charge is -2.00. The van der Waals surface area contributed by atoms with Crippen molar-refractivity contribution >= 4 is 5.97 Å². The Morgan fingerprint density at radius 2 is 2.20 bits per heavy atom. The fourth-order valence-corrected chi connectivity index (χ4v) is 1.04. The van der Waals surface area contributed by atoms with Crippen LogP contribution in [0.15, 0.2) is 4.52 Å². The van der Waals surface area contributed by atoms with Crippen molar-refractivity contribution in [2.75, 3.05) is 13.2 Å². The Bertz CT molecular complexity index is 332. The van der Waals surface area contributed by atoms with Crippen molar-refractivity contribution in [1.29, 1.82) is 0 Å². The number of esters is 1. The van der Waals surface area contributed by atoms with E-state index in [1.165, 1.54) is 0 Å². The van der Waals surface area contributed by atoms with E-state index in [1.54, 1.807) is 13.8 Å². The van der Waals surface area contributed by atoms with E-state index >= 15 is 0 Å². The Kier molecular flexibility index (Phi) is 4.15. The van der Waals surface area contributed by atoms with Gasteiger partial charge in [-0.05, 0) is 20.3 Å². The smallest absolute Gasteiger partial charge is 0.360 e. The highest BCUT2D eigenvalue weighted by molar-refractivity contribution is 5.89. The van der Waals surface area contributed by atoms with E-state index in [0.29, 0.717) is 24.7 Å². The maximum atomic E-state index is 11.4. The first-order valence-electron chi connectivity index (χ1n) is 4.96. The van der Waals surface area contributed by atoms with Crippen LogP contribution in [0.25, 0.3) is 0 Å². The van der Waals surface area contributed by atoms with E-state index < -0.39 is 5.97 Å². The average molecular weight is 213 g/mol. The van der Waals surface area contributed by atoms with Crippen LogP contribution in [0, 0.1) is 6.92 Å². The molecule has 5 heteroatoms. The van der Waals surface area contributed by atoms with Crippen molar-refractivity contribution in [3.63, 3.8) is 0 Å². The van der Waals surface area contributed by atoms with Gasteiger partial charge in [0.25, 0.3) is 0 Å². The molecule has 0 amide bonds. The Morgan fingerprint density at radius 3 is 2.80 bits per heavy atom. The van der Waals surface area contributed by atoms with Crippen molar-refractivity contribution in [2.24, 2.45) is 0 Å². The number of ether oxygens (including phenoxy) is 2. The minimum absolute atomic E-state index is 0.183. The third-order valence-corrected chi connectivity index (χ3v) is 1.79. The van der Waals surface area contributed by atoms with Crippen LogP contribution in [0.4, 0.5) is 0 Å². The van der Waals surface area contributed by atoms with Crippen molar-refractivity contribution in [2.45, 2.75) is 27.2 Å². The monoisotopic (exact) mass is 213 g/mol. The summed E-state index contributed by atoms with van der Waals surface area (Å²) < 4.78 is 15.0. The summed E-state index contributed by atoms with van der Waals surface area (Å²) in [6.45, 7) is 6.29. The summed E-state index contributed by atoms with van der Waals surface area (Å²) in [5.41, 5.74) is 0.768. The normalized spacial score (nSPS) is 10.1. The lowest BCUT2D eigenvalue weighted by atomic mass is 10.3. The molecule has 1 aromatic heterocycles. The summed E-state index contributed by atoms with van der Waals surface area (Å²) in [4.78, 5) is 11.4. The molecule has 0 unspecified atom stereocenters. The standard InChI is InChI=1S/C10H15NO4/c1-4-6-14-10-7(3)8(11-15-10)9(12)13-5-2/h4-6H2,1-3H3. The SMILES string of the molecule is CCCOc1onc(C(=O)OCC)c1C. The molecule has 0 saturated carbocycles. The number of nitrogens with zero attached hydrogens (tertiary/aromatic N) is 1. The van der Waals surface area contributed by atoms with Crippen LogP contribution in [-0.4, -0.2) is 24.3 Å². The van der Waals surface area contributed by atoms with Crippen LogP contribution in [0.3, 0.4) is 0 Å². The fourth-order valence-electron chi connectivity index (χ4n) is 1.04. The highest BCUT2D eigenvalue weighted by atomic mass is 16.6. The molecule has 84 valence electrons. The van der Waals surface area contributed by atoms with Crippen LogP contribution in [0.2, 0.25) is 0 Å². The van der Waals surface area contributed by atoms with E-state index in [0.717, 1.165) is 6.42 Å². The topological polar surface area (TPSA) is 61.6 Å². The van der Waals surface area contributed by atoms with Crippen molar-refractivity contribution in [3.8, 4) is 5.95 Å². The zero-order valence-corrected chi connectivity index (χ0v) is 9.20. The van der Waals surface area contributed by atoms with E-state index in [1.807, 2.05) is 6.92 Å². The van der Waals surface area contributed by atoms with Gasteiger partial charge >= 0.3 is 11.9 Å². The Balaban J connectivity index is 2.74. The summed E-state index contributed by atoms with van der Waals surface area (Å²) in [6, 6.07) is 0. The molecule has 1 heterocycles. The second kappa shape index (κ2) is 5.38. The second-order valence-corrected chi connectivity index (χ2v) is 3.01. The molecular weight excluding hydrogens is 198 g/mol. The van der Waals surface area contributed by atoms with Crippen LogP contribution in [0.5, 0.6) is 5.95 Å². The van der Waals surface area contributed by atoms with E-state index in [-0.39, 0.29) is 5.69 Å². The predicted octanol–water partition coefficient (Wildman–Crippen LogP) is 1.95. The molecule has 0 fully saturated rings. The van der Waals surface area contributed by atoms with E-state index in [9.17, 15) is 4.79 Å². The molecule has 1 aromatic rings. The molecule has 15 heavy (non-hydrogen) atoms. The van der Waals surface area contributed by atoms with Gasteiger partial charge in [0, 0.05) is 0 Å². The lowest BCUT2D eigenvalue weighted by Crippen LogP contribution is -2.06. The molecule has 1 rings (SSSR count). The number of hydrogen-bond donors (Lipinski definition) is 0.